The second-order valence-corrected chi connectivity index (χ2v) is 7.44. The van der Waals surface area contributed by atoms with Crippen molar-refractivity contribution < 1.29 is 14.7 Å². The van der Waals surface area contributed by atoms with Gasteiger partial charge in [0.25, 0.3) is 0 Å². The van der Waals surface area contributed by atoms with Crippen LogP contribution in [0.1, 0.15) is 44.2 Å². The predicted octanol–water partition coefficient (Wildman–Crippen LogP) is 2.57. The van der Waals surface area contributed by atoms with E-state index < -0.39 is 0 Å². The minimum absolute atomic E-state index is 0.00113. The van der Waals surface area contributed by atoms with Gasteiger partial charge in [-0.25, -0.2) is 0 Å². The average Bonchev–Trinajstić information content (AvgIpc) is 2.55. The Hall–Kier alpha value is -1.88. The van der Waals surface area contributed by atoms with Gasteiger partial charge in [0.15, 0.2) is 0 Å². The molecule has 0 aromatic heterocycles. The van der Waals surface area contributed by atoms with Gasteiger partial charge >= 0.3 is 0 Å². The number of carbonyl (C=O) groups is 2. The fourth-order valence-corrected chi connectivity index (χ4v) is 3.29. The van der Waals surface area contributed by atoms with Crippen molar-refractivity contribution >= 4 is 17.5 Å². The molecule has 0 radical (unpaired) electrons. The van der Waals surface area contributed by atoms with E-state index in [9.17, 15) is 14.7 Å². The molecule has 0 aliphatic carbocycles. The molecule has 2 rings (SSSR count). The molecule has 0 bridgehead atoms. The van der Waals surface area contributed by atoms with Crippen molar-refractivity contribution in [3.8, 4) is 0 Å². The summed E-state index contributed by atoms with van der Waals surface area (Å²) in [6, 6.07) is 5.98. The molecule has 1 aromatic carbocycles. The van der Waals surface area contributed by atoms with Crippen LogP contribution in [0, 0.1) is 25.7 Å². The third-order valence-electron chi connectivity index (χ3n) is 4.95. The highest BCUT2D eigenvalue weighted by Gasteiger charge is 2.31. The zero-order chi connectivity index (χ0) is 18.6. The first-order chi connectivity index (χ1) is 11.8. The topological polar surface area (TPSA) is 69.6 Å². The lowest BCUT2D eigenvalue weighted by Crippen LogP contribution is -2.46. The summed E-state index contributed by atoms with van der Waals surface area (Å²) in [5.41, 5.74) is 3.20. The molecule has 1 aliphatic rings. The number of anilines is 1. The average molecular weight is 346 g/mol. The molecular weight excluding hydrogens is 316 g/mol. The van der Waals surface area contributed by atoms with Gasteiger partial charge in [-0.3, -0.25) is 9.59 Å². The van der Waals surface area contributed by atoms with Crippen LogP contribution in [0.5, 0.6) is 0 Å². The Morgan fingerprint density at radius 1 is 1.32 bits per heavy atom. The molecule has 2 N–H and O–H groups in total. The van der Waals surface area contributed by atoms with Crippen LogP contribution < -0.4 is 10.2 Å². The van der Waals surface area contributed by atoms with Crippen molar-refractivity contribution in [2.45, 2.75) is 53.1 Å². The maximum Gasteiger partial charge on any atom is 0.227 e. The van der Waals surface area contributed by atoms with Crippen LogP contribution in [0.4, 0.5) is 5.69 Å². The predicted molar refractivity (Wildman–Crippen MR) is 99.5 cm³/mol. The molecule has 1 aliphatic heterocycles. The molecule has 138 valence electrons. The summed E-state index contributed by atoms with van der Waals surface area (Å²) in [5.74, 6) is 0.122. The molecule has 5 heteroatoms. The molecular formula is C20H30N2O3. The number of hydrogen-bond donors (Lipinski definition) is 2. The second kappa shape index (κ2) is 8.48. The van der Waals surface area contributed by atoms with Crippen molar-refractivity contribution in [1.29, 1.82) is 0 Å². The summed E-state index contributed by atoms with van der Waals surface area (Å²) >= 11 is 0. The van der Waals surface area contributed by atoms with Crippen molar-refractivity contribution in [2.75, 3.05) is 18.0 Å². The number of nitrogens with one attached hydrogen (secondary N) is 1. The fraction of sp³-hybridized carbons (Fsp3) is 0.600. The number of rotatable bonds is 6. The lowest BCUT2D eigenvalue weighted by molar-refractivity contribution is -0.127. The summed E-state index contributed by atoms with van der Waals surface area (Å²) in [6.07, 6.45) is 1.29. The Morgan fingerprint density at radius 3 is 2.68 bits per heavy atom. The van der Waals surface area contributed by atoms with Gasteiger partial charge in [-0.15, -0.1) is 0 Å². The lowest BCUT2D eigenvalue weighted by atomic mass is 9.95. The number of aliphatic hydroxyl groups excluding tert-OH is 1. The zero-order valence-corrected chi connectivity index (χ0v) is 15.7. The Bertz CT molecular complexity index is 627. The first kappa shape index (κ1) is 19.4. The van der Waals surface area contributed by atoms with E-state index in [1.165, 1.54) is 5.56 Å². The highest BCUT2D eigenvalue weighted by molar-refractivity contribution is 5.96. The quantitative estimate of drug-likeness (QED) is 0.832. The fourth-order valence-electron chi connectivity index (χ4n) is 3.29. The number of nitrogens with zero attached hydrogens (tertiary/aromatic N) is 1. The molecule has 2 amide bonds. The summed E-state index contributed by atoms with van der Waals surface area (Å²) in [4.78, 5) is 26.5. The minimum atomic E-state index is -0.362. The molecule has 1 aromatic rings. The molecule has 25 heavy (non-hydrogen) atoms. The summed E-state index contributed by atoms with van der Waals surface area (Å²) in [6.45, 7) is 8.82. The van der Waals surface area contributed by atoms with E-state index >= 15 is 0 Å². The molecule has 5 nitrogen and oxygen atoms in total. The van der Waals surface area contributed by atoms with Gasteiger partial charge in [-0.05, 0) is 62.8 Å². The molecule has 0 unspecified atom stereocenters. The number of carbonyl (C=O) groups excluding carboxylic acids is 2. The summed E-state index contributed by atoms with van der Waals surface area (Å²) in [5, 5.41) is 12.4. The van der Waals surface area contributed by atoms with E-state index in [1.54, 1.807) is 11.8 Å². The molecule has 3 atom stereocenters. The number of aryl methyl sites for hydroxylation is 2. The van der Waals surface area contributed by atoms with Crippen molar-refractivity contribution in [2.24, 2.45) is 11.8 Å². The number of piperidine rings is 1. The van der Waals surface area contributed by atoms with Crippen LogP contribution >= 0.6 is 0 Å². The number of benzene rings is 1. The first-order valence-corrected chi connectivity index (χ1v) is 9.11. The van der Waals surface area contributed by atoms with Gasteiger partial charge < -0.3 is 15.3 Å². The third-order valence-corrected chi connectivity index (χ3v) is 4.95. The third kappa shape index (κ3) is 5.30. The van der Waals surface area contributed by atoms with Gasteiger partial charge in [0.2, 0.25) is 11.8 Å². The van der Waals surface area contributed by atoms with Gasteiger partial charge in [0.1, 0.15) is 0 Å². The largest absolute Gasteiger partial charge is 0.393 e. The van der Waals surface area contributed by atoms with E-state index in [0.717, 1.165) is 11.3 Å². The monoisotopic (exact) mass is 346 g/mol. The van der Waals surface area contributed by atoms with E-state index in [-0.39, 0.29) is 29.8 Å². The number of hydrogen-bond acceptors (Lipinski definition) is 3. The van der Waals surface area contributed by atoms with Crippen LogP contribution in [0.2, 0.25) is 0 Å². The summed E-state index contributed by atoms with van der Waals surface area (Å²) in [7, 11) is 0. The van der Waals surface area contributed by atoms with Crippen LogP contribution in [0.25, 0.3) is 0 Å². The maximum atomic E-state index is 12.5. The van der Waals surface area contributed by atoms with Crippen LogP contribution in [0.3, 0.4) is 0 Å². The Balaban J connectivity index is 1.98. The highest BCUT2D eigenvalue weighted by Crippen LogP contribution is 2.26. The zero-order valence-electron chi connectivity index (χ0n) is 15.7. The van der Waals surface area contributed by atoms with E-state index in [2.05, 4.69) is 5.32 Å². The molecule has 1 fully saturated rings. The van der Waals surface area contributed by atoms with Gasteiger partial charge in [0, 0.05) is 25.2 Å². The second-order valence-electron chi connectivity index (χ2n) is 7.44. The van der Waals surface area contributed by atoms with Crippen LogP contribution in [-0.4, -0.2) is 36.1 Å². The van der Waals surface area contributed by atoms with Gasteiger partial charge in [-0.2, -0.15) is 0 Å². The van der Waals surface area contributed by atoms with Crippen molar-refractivity contribution in [3.05, 3.63) is 29.3 Å². The molecule has 0 saturated carbocycles. The highest BCUT2D eigenvalue weighted by atomic mass is 16.3. The molecule has 1 saturated heterocycles. The van der Waals surface area contributed by atoms with Gasteiger partial charge in [-0.1, -0.05) is 13.0 Å². The Kier molecular flexibility index (Phi) is 6.59. The van der Waals surface area contributed by atoms with Gasteiger partial charge in [0.05, 0.1) is 12.0 Å². The van der Waals surface area contributed by atoms with Crippen LogP contribution in [-0.2, 0) is 9.59 Å². The Morgan fingerprint density at radius 2 is 2.04 bits per heavy atom. The van der Waals surface area contributed by atoms with Crippen LogP contribution in [0.15, 0.2) is 18.2 Å². The molecule has 0 spiro atoms. The normalized spacial score (nSPS) is 20.3. The number of amides is 2. The molecule has 1 heterocycles. The van der Waals surface area contributed by atoms with Crippen molar-refractivity contribution in [1.82, 2.24) is 5.32 Å². The Labute approximate surface area is 150 Å². The number of aliphatic hydroxyl groups is 1. The minimum Gasteiger partial charge on any atom is -0.393 e. The smallest absolute Gasteiger partial charge is 0.227 e. The van der Waals surface area contributed by atoms with E-state index in [1.807, 2.05) is 39.0 Å². The lowest BCUT2D eigenvalue weighted by Gasteiger charge is -2.32. The first-order valence-electron chi connectivity index (χ1n) is 9.11. The maximum absolute atomic E-state index is 12.5. The standard InChI is InChI=1S/C20H30N2O3/c1-13(9-16(4)23)11-21-20(25)17-6-8-19(24)22(12-17)18-7-5-14(2)15(3)10-18/h5,7,10,13,16-17,23H,6,8-9,11-12H2,1-4H3,(H,21,25)/t13-,16+,17-/m1/s1. The SMILES string of the molecule is Cc1ccc(N2C[C@H](C(=O)NC[C@H](C)C[C@H](C)O)CCC2=O)cc1C. The van der Waals surface area contributed by atoms with E-state index in [4.69, 9.17) is 0 Å². The van der Waals surface area contributed by atoms with E-state index in [0.29, 0.717) is 32.4 Å². The summed E-state index contributed by atoms with van der Waals surface area (Å²) < 4.78 is 0. The van der Waals surface area contributed by atoms with Crippen molar-refractivity contribution in [3.63, 3.8) is 0 Å².